The molecule has 0 aliphatic carbocycles. The van der Waals surface area contributed by atoms with Crippen LogP contribution in [0, 0.1) is 0 Å². The van der Waals surface area contributed by atoms with Crippen molar-refractivity contribution in [1.29, 1.82) is 0 Å². The molecule has 0 aliphatic heterocycles. The number of imidazole rings is 1. The van der Waals surface area contributed by atoms with Crippen LogP contribution in [0.4, 0.5) is 0 Å². The number of hydrogen-bond donors (Lipinski definition) is 0. The fourth-order valence-corrected chi connectivity index (χ4v) is 5.55. The molecule has 3 aromatic carbocycles. The molecular weight excluding hydrogens is 603 g/mol. The number of ether oxygens (including phenoxy) is 1. The average Bonchev–Trinajstić information content (AvgIpc) is 3.29. The number of para-hydroxylation sites is 2. The summed E-state index contributed by atoms with van der Waals surface area (Å²) in [4.78, 5) is 0. The van der Waals surface area contributed by atoms with Gasteiger partial charge in [0.25, 0.3) is 6.33 Å². The van der Waals surface area contributed by atoms with E-state index in [9.17, 15) is 0 Å². The molecule has 3 nitrogen and oxygen atoms in total. The first-order valence-corrected chi connectivity index (χ1v) is 14.8. The van der Waals surface area contributed by atoms with Crippen molar-refractivity contribution in [2.75, 3.05) is 6.61 Å². The molecule has 1 aromatic heterocycles. The molecule has 0 atom stereocenters. The number of benzene rings is 3. The molecule has 0 aliphatic rings. The lowest BCUT2D eigenvalue weighted by Crippen LogP contribution is -3.00. The predicted molar refractivity (Wildman–Crippen MR) is 165 cm³/mol. The van der Waals surface area contributed by atoms with Crippen molar-refractivity contribution in [3.63, 3.8) is 0 Å². The number of hydrogen-bond acceptors (Lipinski definition) is 1. The Hall–Kier alpha value is -2.60. The van der Waals surface area contributed by atoms with Gasteiger partial charge in [-0.15, -0.1) is 0 Å². The van der Waals surface area contributed by atoms with Crippen LogP contribution in [0.3, 0.4) is 0 Å². The Morgan fingerprint density at radius 2 is 1.12 bits per heavy atom. The van der Waals surface area contributed by atoms with Gasteiger partial charge in [-0.2, -0.15) is 9.13 Å². The zero-order chi connectivity index (χ0) is 28.3. The number of nitrogens with zero attached hydrogens (tertiary/aromatic N) is 2. The van der Waals surface area contributed by atoms with Gasteiger partial charge in [-0.1, -0.05) is 129 Å². The van der Waals surface area contributed by atoms with Crippen molar-refractivity contribution in [3.05, 3.63) is 95.3 Å². The van der Waals surface area contributed by atoms with Crippen molar-refractivity contribution in [1.82, 2.24) is 4.57 Å². The molecule has 0 saturated carbocycles. The Kier molecular flexibility index (Phi) is 11.0. The van der Waals surface area contributed by atoms with Crippen LogP contribution in [0.1, 0.15) is 115 Å². The SMILES string of the molecule is CCCOc1c(-c2ccccc2)n(-c2c(C(C)C)cccc2C(C)C)c[n+]1-c1c(C(C)C)cccc1C(C)C.[I-]. The van der Waals surface area contributed by atoms with E-state index in [-0.39, 0.29) is 24.0 Å². The standard InChI is InChI=1S/C36H47N2O.HI/c1-10-22-39-36-33(28-16-12-11-13-17-28)37(34-29(24(2)3)18-14-19-30(34)25(4)5)23-38(36)35-31(26(6)7)20-15-21-32(35)27(8)9;/h11-21,23-27H,10,22H2,1-9H3;1H/q+1;/p-1. The third kappa shape index (κ3) is 6.32. The fraction of sp³-hybridized carbons (Fsp3) is 0.417. The minimum absolute atomic E-state index is 0. The van der Waals surface area contributed by atoms with Gasteiger partial charge in [-0.25, -0.2) is 0 Å². The Labute approximate surface area is 259 Å². The first-order valence-electron chi connectivity index (χ1n) is 14.8. The summed E-state index contributed by atoms with van der Waals surface area (Å²) in [5.74, 6) is 2.43. The molecule has 0 bridgehead atoms. The Bertz CT molecular complexity index is 1350. The van der Waals surface area contributed by atoms with Crippen molar-refractivity contribution >= 4 is 0 Å². The van der Waals surface area contributed by atoms with E-state index in [1.807, 2.05) is 0 Å². The summed E-state index contributed by atoms with van der Waals surface area (Å²) < 4.78 is 11.5. The zero-order valence-corrected chi connectivity index (χ0v) is 28.0. The molecule has 0 unspecified atom stereocenters. The smallest absolute Gasteiger partial charge is 0.338 e. The second kappa shape index (κ2) is 13.8. The molecule has 0 amide bonds. The van der Waals surface area contributed by atoms with Crippen LogP contribution in [-0.4, -0.2) is 11.2 Å². The van der Waals surface area contributed by atoms with Gasteiger partial charge in [0, 0.05) is 27.8 Å². The summed E-state index contributed by atoms with van der Waals surface area (Å²) in [6.45, 7) is 21.2. The zero-order valence-electron chi connectivity index (χ0n) is 25.8. The molecule has 0 spiro atoms. The van der Waals surface area contributed by atoms with Crippen molar-refractivity contribution in [3.8, 4) is 28.5 Å². The highest BCUT2D eigenvalue weighted by molar-refractivity contribution is 5.69. The molecule has 4 aromatic rings. The van der Waals surface area contributed by atoms with E-state index >= 15 is 0 Å². The van der Waals surface area contributed by atoms with Gasteiger partial charge in [-0.3, -0.25) is 0 Å². The topological polar surface area (TPSA) is 18.0 Å². The van der Waals surface area contributed by atoms with E-state index in [0.29, 0.717) is 30.3 Å². The number of aromatic nitrogens is 2. The lowest BCUT2D eigenvalue weighted by atomic mass is 9.92. The Morgan fingerprint density at radius 1 is 0.650 bits per heavy atom. The van der Waals surface area contributed by atoms with Crippen LogP contribution in [0.15, 0.2) is 73.1 Å². The monoisotopic (exact) mass is 650 g/mol. The molecule has 0 radical (unpaired) electrons. The normalized spacial score (nSPS) is 11.5. The maximum absolute atomic E-state index is 6.74. The largest absolute Gasteiger partial charge is 1.00 e. The van der Waals surface area contributed by atoms with Gasteiger partial charge in [0.15, 0.2) is 0 Å². The second-order valence-corrected chi connectivity index (χ2v) is 11.9. The number of rotatable bonds is 10. The lowest BCUT2D eigenvalue weighted by molar-refractivity contribution is -0.603. The van der Waals surface area contributed by atoms with E-state index in [1.165, 1.54) is 33.6 Å². The molecule has 1 heterocycles. The lowest BCUT2D eigenvalue weighted by Gasteiger charge is -2.17. The molecular formula is C36H47IN2O. The van der Waals surface area contributed by atoms with E-state index in [4.69, 9.17) is 4.74 Å². The summed E-state index contributed by atoms with van der Waals surface area (Å²) in [6.07, 6.45) is 3.25. The van der Waals surface area contributed by atoms with Crippen LogP contribution in [0.25, 0.3) is 22.6 Å². The minimum atomic E-state index is 0. The first-order chi connectivity index (χ1) is 18.7. The maximum Gasteiger partial charge on any atom is 0.338 e. The molecule has 40 heavy (non-hydrogen) atoms. The summed E-state index contributed by atoms with van der Waals surface area (Å²) in [5, 5.41) is 0. The molecule has 214 valence electrons. The molecule has 0 fully saturated rings. The van der Waals surface area contributed by atoms with Crippen LogP contribution in [-0.2, 0) is 0 Å². The maximum atomic E-state index is 6.74. The van der Waals surface area contributed by atoms with Gasteiger partial charge >= 0.3 is 5.88 Å². The molecule has 4 heteroatoms. The Morgan fingerprint density at radius 3 is 1.57 bits per heavy atom. The summed E-state index contributed by atoms with van der Waals surface area (Å²) >= 11 is 0. The number of halogens is 1. The van der Waals surface area contributed by atoms with Crippen molar-refractivity contribution < 1.29 is 33.3 Å². The van der Waals surface area contributed by atoms with Gasteiger partial charge in [0.2, 0.25) is 5.69 Å². The van der Waals surface area contributed by atoms with E-state index in [2.05, 4.69) is 145 Å². The highest BCUT2D eigenvalue weighted by Gasteiger charge is 2.34. The van der Waals surface area contributed by atoms with Crippen LogP contribution < -0.4 is 33.3 Å². The third-order valence-corrected chi connectivity index (χ3v) is 7.55. The van der Waals surface area contributed by atoms with Gasteiger partial charge in [-0.05, 0) is 30.1 Å². The van der Waals surface area contributed by atoms with E-state index in [0.717, 1.165) is 23.6 Å². The predicted octanol–water partition coefficient (Wildman–Crippen LogP) is 6.71. The van der Waals surface area contributed by atoms with Gasteiger partial charge in [0.05, 0.1) is 6.61 Å². The average molecular weight is 651 g/mol. The van der Waals surface area contributed by atoms with E-state index in [1.54, 1.807) is 0 Å². The molecule has 4 rings (SSSR count). The highest BCUT2D eigenvalue weighted by Crippen LogP contribution is 2.39. The fourth-order valence-electron chi connectivity index (χ4n) is 5.55. The van der Waals surface area contributed by atoms with Crippen molar-refractivity contribution in [2.24, 2.45) is 0 Å². The first kappa shape index (κ1) is 31.9. The summed E-state index contributed by atoms with van der Waals surface area (Å²) in [7, 11) is 0. The van der Waals surface area contributed by atoms with Gasteiger partial charge < -0.3 is 28.7 Å². The van der Waals surface area contributed by atoms with Crippen LogP contribution in [0.2, 0.25) is 0 Å². The van der Waals surface area contributed by atoms with Crippen molar-refractivity contribution in [2.45, 2.75) is 92.4 Å². The highest BCUT2D eigenvalue weighted by atomic mass is 127. The molecule has 0 N–H and O–H groups in total. The van der Waals surface area contributed by atoms with E-state index < -0.39 is 0 Å². The van der Waals surface area contributed by atoms with Crippen LogP contribution >= 0.6 is 0 Å². The van der Waals surface area contributed by atoms with Crippen LogP contribution in [0.5, 0.6) is 5.88 Å². The quantitative estimate of drug-likeness (QED) is 0.138. The minimum Gasteiger partial charge on any atom is -1.00 e. The summed E-state index contributed by atoms with van der Waals surface area (Å²) in [5.41, 5.74) is 10.2. The molecule has 0 saturated heterocycles. The van der Waals surface area contributed by atoms with Gasteiger partial charge in [0.1, 0.15) is 11.4 Å². The second-order valence-electron chi connectivity index (χ2n) is 11.9. The third-order valence-electron chi connectivity index (χ3n) is 7.55. The summed E-state index contributed by atoms with van der Waals surface area (Å²) in [6, 6.07) is 24.3. The Balaban J connectivity index is 0.00000441.